The summed E-state index contributed by atoms with van der Waals surface area (Å²) in [6.07, 6.45) is 0.357. The van der Waals surface area contributed by atoms with Crippen molar-refractivity contribution in [3.8, 4) is 0 Å². The Morgan fingerprint density at radius 3 is 2.03 bits per heavy atom. The fourth-order valence-electron chi connectivity index (χ4n) is 3.42. The smallest absolute Gasteiger partial charge is 0.355 e. The normalized spacial score (nSPS) is 12.7. The number of carbonyl (C=O) groups is 2. The van der Waals surface area contributed by atoms with Gasteiger partial charge in [-0.3, -0.25) is 4.79 Å². The molecule has 0 N–H and O–H groups in total. The van der Waals surface area contributed by atoms with Gasteiger partial charge in [-0.15, -0.1) is 0 Å². The van der Waals surface area contributed by atoms with Crippen LogP contribution in [0.25, 0.3) is 0 Å². The maximum Gasteiger partial charge on any atom is 0.355 e. The van der Waals surface area contributed by atoms with Crippen LogP contribution >= 0.6 is 15.9 Å². The van der Waals surface area contributed by atoms with Crippen molar-refractivity contribution in [1.29, 1.82) is 0 Å². The SMILES string of the molecule is CCOC(=O)C(CC)(OC(=O)Cc1ccc(N(CC)CC)cc1)c1ccc(Br)cc1. The predicted octanol–water partition coefficient (Wildman–Crippen LogP) is 5.25. The first kappa shape index (κ1) is 23.9. The molecule has 0 aliphatic rings. The quantitative estimate of drug-likeness (QED) is 0.439. The third-order valence-electron chi connectivity index (χ3n) is 5.12. The number of esters is 2. The molecular formula is C24H30BrNO4. The molecule has 6 heteroatoms. The molecule has 2 aromatic carbocycles. The molecule has 0 heterocycles. The number of benzene rings is 2. The lowest BCUT2D eigenvalue weighted by molar-refractivity contribution is -0.184. The molecule has 0 amide bonds. The van der Waals surface area contributed by atoms with Crippen LogP contribution in [0, 0.1) is 0 Å². The molecule has 30 heavy (non-hydrogen) atoms. The Morgan fingerprint density at radius 1 is 0.933 bits per heavy atom. The zero-order chi connectivity index (χ0) is 22.1. The van der Waals surface area contributed by atoms with Crippen molar-refractivity contribution in [2.24, 2.45) is 0 Å². The summed E-state index contributed by atoms with van der Waals surface area (Å²) < 4.78 is 12.0. The average Bonchev–Trinajstić information content (AvgIpc) is 2.75. The summed E-state index contributed by atoms with van der Waals surface area (Å²) in [6.45, 7) is 9.81. The molecular weight excluding hydrogens is 446 g/mol. The molecule has 1 unspecified atom stereocenters. The monoisotopic (exact) mass is 475 g/mol. The van der Waals surface area contributed by atoms with E-state index in [2.05, 4.69) is 34.7 Å². The second kappa shape index (κ2) is 11.2. The first-order valence-corrected chi connectivity index (χ1v) is 11.2. The highest BCUT2D eigenvalue weighted by Gasteiger charge is 2.44. The molecule has 0 radical (unpaired) electrons. The van der Waals surface area contributed by atoms with Gasteiger partial charge in [0.1, 0.15) is 0 Å². The van der Waals surface area contributed by atoms with Crippen LogP contribution in [0.15, 0.2) is 53.0 Å². The van der Waals surface area contributed by atoms with Gasteiger partial charge in [0, 0.05) is 28.8 Å². The lowest BCUT2D eigenvalue weighted by Crippen LogP contribution is -2.42. The Morgan fingerprint density at radius 2 is 1.53 bits per heavy atom. The zero-order valence-corrected chi connectivity index (χ0v) is 19.7. The first-order valence-electron chi connectivity index (χ1n) is 10.4. The second-order valence-electron chi connectivity index (χ2n) is 6.90. The highest BCUT2D eigenvalue weighted by molar-refractivity contribution is 9.10. The molecule has 5 nitrogen and oxygen atoms in total. The van der Waals surface area contributed by atoms with E-state index in [1.807, 2.05) is 43.3 Å². The van der Waals surface area contributed by atoms with E-state index < -0.39 is 17.5 Å². The number of hydrogen-bond acceptors (Lipinski definition) is 5. The van der Waals surface area contributed by atoms with Crippen molar-refractivity contribution < 1.29 is 19.1 Å². The standard InChI is InChI=1S/C24H30BrNO4/c1-5-24(23(28)29-8-4,19-11-13-20(25)14-12-19)30-22(27)17-18-9-15-21(16-10-18)26(6-2)7-3/h9-16H,5-8,17H2,1-4H3. The van der Waals surface area contributed by atoms with Gasteiger partial charge >= 0.3 is 11.9 Å². The van der Waals surface area contributed by atoms with E-state index in [4.69, 9.17) is 9.47 Å². The Balaban J connectivity index is 2.23. The molecule has 0 fully saturated rings. The van der Waals surface area contributed by atoms with Crippen LogP contribution in [0.4, 0.5) is 5.69 Å². The molecule has 1 atom stereocenters. The van der Waals surface area contributed by atoms with Crippen molar-refractivity contribution >= 4 is 33.6 Å². The molecule has 2 rings (SSSR count). The van der Waals surface area contributed by atoms with E-state index in [9.17, 15) is 9.59 Å². The topological polar surface area (TPSA) is 55.8 Å². The lowest BCUT2D eigenvalue weighted by Gasteiger charge is -2.30. The summed E-state index contributed by atoms with van der Waals surface area (Å²) in [6, 6.07) is 15.0. The van der Waals surface area contributed by atoms with Gasteiger partial charge in [0.25, 0.3) is 0 Å². The summed E-state index contributed by atoms with van der Waals surface area (Å²) in [4.78, 5) is 27.9. The van der Waals surface area contributed by atoms with Gasteiger partial charge in [-0.1, -0.05) is 47.1 Å². The van der Waals surface area contributed by atoms with E-state index in [0.29, 0.717) is 5.56 Å². The zero-order valence-electron chi connectivity index (χ0n) is 18.1. The Kier molecular flexibility index (Phi) is 8.90. The Hall–Kier alpha value is -2.34. The van der Waals surface area contributed by atoms with E-state index in [1.165, 1.54) is 0 Å². The third kappa shape index (κ3) is 5.63. The van der Waals surface area contributed by atoms with Crippen LogP contribution in [0.3, 0.4) is 0 Å². The number of ether oxygens (including phenoxy) is 2. The van der Waals surface area contributed by atoms with Crippen molar-refractivity contribution in [3.05, 3.63) is 64.1 Å². The summed E-state index contributed by atoms with van der Waals surface area (Å²) >= 11 is 3.40. The van der Waals surface area contributed by atoms with Crippen LogP contribution in [0.1, 0.15) is 45.2 Å². The number of carbonyl (C=O) groups excluding carboxylic acids is 2. The number of anilines is 1. The van der Waals surface area contributed by atoms with Gasteiger partial charge in [0.05, 0.1) is 13.0 Å². The maximum atomic E-state index is 12.8. The van der Waals surface area contributed by atoms with Gasteiger partial charge < -0.3 is 14.4 Å². The minimum atomic E-state index is -1.46. The van der Waals surface area contributed by atoms with Crippen LogP contribution < -0.4 is 4.90 Å². The Labute approximate surface area is 187 Å². The van der Waals surface area contributed by atoms with Crippen LogP contribution in [-0.4, -0.2) is 31.6 Å². The van der Waals surface area contributed by atoms with Gasteiger partial charge in [-0.2, -0.15) is 0 Å². The average molecular weight is 476 g/mol. The summed E-state index contributed by atoms with van der Waals surface area (Å²) in [7, 11) is 0. The molecule has 162 valence electrons. The molecule has 0 saturated heterocycles. The molecule has 0 saturated carbocycles. The molecule has 0 spiro atoms. The molecule has 0 aliphatic carbocycles. The third-order valence-corrected chi connectivity index (χ3v) is 5.64. The summed E-state index contributed by atoms with van der Waals surface area (Å²) in [5.41, 5.74) is 1.08. The predicted molar refractivity (Wildman–Crippen MR) is 123 cm³/mol. The molecule has 0 bridgehead atoms. The Bertz CT molecular complexity index is 831. The molecule has 0 aliphatic heterocycles. The van der Waals surface area contributed by atoms with Crippen molar-refractivity contribution in [3.63, 3.8) is 0 Å². The maximum absolute atomic E-state index is 12.8. The fourth-order valence-corrected chi connectivity index (χ4v) is 3.68. The minimum Gasteiger partial charge on any atom is -0.463 e. The number of nitrogens with zero attached hydrogens (tertiary/aromatic N) is 1. The first-order chi connectivity index (χ1) is 14.4. The van der Waals surface area contributed by atoms with Crippen LogP contribution in [0.5, 0.6) is 0 Å². The van der Waals surface area contributed by atoms with Crippen molar-refractivity contribution in [1.82, 2.24) is 0 Å². The second-order valence-corrected chi connectivity index (χ2v) is 7.81. The molecule has 2 aromatic rings. The summed E-state index contributed by atoms with van der Waals surface area (Å²) in [5, 5.41) is 0. The van der Waals surface area contributed by atoms with Crippen molar-refractivity contribution in [2.75, 3.05) is 24.6 Å². The lowest BCUT2D eigenvalue weighted by atomic mass is 9.90. The van der Waals surface area contributed by atoms with E-state index in [1.54, 1.807) is 19.1 Å². The highest BCUT2D eigenvalue weighted by atomic mass is 79.9. The highest BCUT2D eigenvalue weighted by Crippen LogP contribution is 2.33. The number of rotatable bonds is 10. The van der Waals surface area contributed by atoms with Gasteiger partial charge in [-0.25, -0.2) is 4.79 Å². The van der Waals surface area contributed by atoms with Crippen LogP contribution in [-0.2, 0) is 31.1 Å². The van der Waals surface area contributed by atoms with Gasteiger partial charge in [0.2, 0.25) is 5.60 Å². The molecule has 0 aromatic heterocycles. The summed E-state index contributed by atoms with van der Waals surface area (Å²) in [5.74, 6) is -1.02. The van der Waals surface area contributed by atoms with Crippen LogP contribution in [0.2, 0.25) is 0 Å². The van der Waals surface area contributed by atoms with E-state index >= 15 is 0 Å². The minimum absolute atomic E-state index is 0.0796. The van der Waals surface area contributed by atoms with E-state index in [-0.39, 0.29) is 19.4 Å². The van der Waals surface area contributed by atoms with E-state index in [0.717, 1.165) is 28.8 Å². The number of halogens is 1. The largest absolute Gasteiger partial charge is 0.463 e. The van der Waals surface area contributed by atoms with Gasteiger partial charge in [0.15, 0.2) is 0 Å². The van der Waals surface area contributed by atoms with Gasteiger partial charge in [-0.05, 0) is 57.0 Å². The fraction of sp³-hybridized carbons (Fsp3) is 0.417. The van der Waals surface area contributed by atoms with Crippen molar-refractivity contribution in [2.45, 2.75) is 46.1 Å². The number of hydrogen-bond donors (Lipinski definition) is 0.